The van der Waals surface area contributed by atoms with E-state index in [9.17, 15) is 24.0 Å². The molecule has 5 amide bonds. The monoisotopic (exact) mass is 938 g/mol. The number of likely N-dealkylation sites (N-methyl/N-ethyl adjacent to an activating group) is 2. The van der Waals surface area contributed by atoms with Crippen LogP contribution in [0.2, 0.25) is 0 Å². The number of ether oxygens (including phenoxy) is 2. The van der Waals surface area contributed by atoms with E-state index in [-0.39, 0.29) is 48.9 Å². The second-order valence-corrected chi connectivity index (χ2v) is 20.7. The first kappa shape index (κ1) is 48.0. The number of aromatic nitrogens is 3. The van der Waals surface area contributed by atoms with Gasteiger partial charge < -0.3 is 39.4 Å². The molecule has 18 heteroatoms. The predicted octanol–water partition coefficient (Wildman–Crippen LogP) is 4.64. The molecule has 1 unspecified atom stereocenters. The van der Waals surface area contributed by atoms with Crippen molar-refractivity contribution in [3.8, 4) is 22.5 Å². The van der Waals surface area contributed by atoms with Crippen molar-refractivity contribution in [3.05, 3.63) is 58.2 Å². The van der Waals surface area contributed by atoms with Crippen molar-refractivity contribution in [1.29, 1.82) is 0 Å². The van der Waals surface area contributed by atoms with E-state index in [1.165, 1.54) is 21.2 Å². The van der Waals surface area contributed by atoms with Crippen LogP contribution in [0.25, 0.3) is 33.4 Å². The fourth-order valence-corrected chi connectivity index (χ4v) is 10.8. The number of pyridine rings is 1. The molecule has 360 valence electrons. The number of cyclic esters (lactones) is 1. The first-order chi connectivity index (χ1) is 32.0. The molecule has 5 atom stereocenters. The molecule has 3 N–H and O–H groups in total. The highest BCUT2D eigenvalue weighted by Gasteiger charge is 2.42. The summed E-state index contributed by atoms with van der Waals surface area (Å²) in [5, 5.41) is 11.2. The van der Waals surface area contributed by atoms with Crippen LogP contribution < -0.4 is 16.1 Å². The Balaban J connectivity index is 1.10. The number of carbonyl (C=O) groups is 5. The largest absolute Gasteiger partial charge is 0.464 e. The van der Waals surface area contributed by atoms with Crippen LogP contribution in [0.15, 0.2) is 41.9 Å². The minimum Gasteiger partial charge on any atom is -0.464 e. The van der Waals surface area contributed by atoms with Crippen LogP contribution >= 0.6 is 11.3 Å². The van der Waals surface area contributed by atoms with E-state index in [2.05, 4.69) is 65.7 Å². The summed E-state index contributed by atoms with van der Waals surface area (Å²) in [6.45, 7) is 15.4. The van der Waals surface area contributed by atoms with Gasteiger partial charge in [0.25, 0.3) is 5.91 Å². The second kappa shape index (κ2) is 19.7. The third-order valence-electron chi connectivity index (χ3n) is 13.6. The van der Waals surface area contributed by atoms with E-state index in [0.717, 1.165) is 44.7 Å². The Morgan fingerprint density at radius 1 is 1.12 bits per heavy atom. The number of methoxy groups -OCH3 is 1. The van der Waals surface area contributed by atoms with Gasteiger partial charge in [0.05, 0.1) is 40.8 Å². The van der Waals surface area contributed by atoms with Gasteiger partial charge in [-0.05, 0) is 68.9 Å². The van der Waals surface area contributed by atoms with Crippen molar-refractivity contribution in [2.45, 2.75) is 104 Å². The zero-order valence-electron chi connectivity index (χ0n) is 40.3. The van der Waals surface area contributed by atoms with E-state index in [0.29, 0.717) is 63.5 Å². The Morgan fingerprint density at radius 3 is 2.58 bits per heavy atom. The number of esters is 1. The summed E-state index contributed by atoms with van der Waals surface area (Å²) < 4.78 is 14.2. The minimum absolute atomic E-state index is 0.0567. The van der Waals surface area contributed by atoms with E-state index in [1.807, 2.05) is 32.2 Å². The van der Waals surface area contributed by atoms with Crippen LogP contribution in [0.5, 0.6) is 0 Å². The van der Waals surface area contributed by atoms with Gasteiger partial charge in [-0.1, -0.05) is 33.8 Å². The summed E-state index contributed by atoms with van der Waals surface area (Å²) >= 11 is 1.41. The standard InChI is InChI=1S/C49H66N10O7S/c1-10-58-39-16-15-31-19-33(39)34(43(58)32-13-11-17-50-41(32)29(4)65-9)21-49(5,6)27-66-47(63)35-14-12-18-59(54-35)46(62)36(20-40-52-38(31)26-67-40)53-44(60)42(28(2)3)56(8)48(64)57-24-30(25-57)23-55(7)45(61)37-22-51-37/h11,13,15-17,19,26,28-30,35-37,42,51,54H,10,12,14,18,20-25,27H2,1-9H3,(H,53,60)/t29-,35-,36-,37-,42?/m0/s1. The van der Waals surface area contributed by atoms with Crippen LogP contribution in [-0.2, 0) is 48.0 Å². The Labute approximate surface area is 396 Å². The molecule has 0 saturated carbocycles. The number of hydrazine groups is 1. The number of thiazole rings is 1. The molecule has 3 fully saturated rings. The van der Waals surface area contributed by atoms with Gasteiger partial charge in [-0.3, -0.25) is 29.2 Å². The SMILES string of the molecule is CCn1c(-c2cccnc2[C@H](C)OC)c2c3cc(ccc31)-c1csc(n1)C[C@H](NC(=O)C(C(C)C)N(C)C(=O)N1CC(CN(C)C(=O)[C@@H]3CN3)C1)C(=O)N1CCC[C@H](N1)C(=O)OCC(C)(C)C2. The van der Waals surface area contributed by atoms with Gasteiger partial charge in [0.2, 0.25) is 11.8 Å². The third-order valence-corrected chi connectivity index (χ3v) is 14.5. The molecule has 3 saturated heterocycles. The molecule has 4 aliphatic rings. The highest BCUT2D eigenvalue weighted by Crippen LogP contribution is 2.42. The molecular weight excluding hydrogens is 873 g/mol. The van der Waals surface area contributed by atoms with Gasteiger partial charge in [-0.25, -0.2) is 15.2 Å². The lowest BCUT2D eigenvalue weighted by atomic mass is 9.84. The number of rotatable bonds is 11. The highest BCUT2D eigenvalue weighted by atomic mass is 32.1. The molecule has 0 radical (unpaired) electrons. The number of hydrogen-bond acceptors (Lipinski definition) is 12. The van der Waals surface area contributed by atoms with Crippen LogP contribution in [0.4, 0.5) is 4.79 Å². The molecule has 4 aromatic rings. The van der Waals surface area contributed by atoms with Gasteiger partial charge in [0.15, 0.2) is 0 Å². The van der Waals surface area contributed by atoms with E-state index >= 15 is 0 Å². The maximum absolute atomic E-state index is 14.6. The first-order valence-electron chi connectivity index (χ1n) is 23.6. The lowest BCUT2D eigenvalue weighted by Crippen LogP contribution is -2.63. The number of carbonyl (C=O) groups excluding carboxylic acids is 5. The molecular formula is C49H66N10O7S. The van der Waals surface area contributed by atoms with Crippen molar-refractivity contribution < 1.29 is 33.4 Å². The lowest BCUT2D eigenvalue weighted by molar-refractivity contribution is -0.155. The Bertz CT molecular complexity index is 2510. The molecule has 17 nitrogen and oxygen atoms in total. The number of likely N-dealkylation sites (tertiary alicyclic amines) is 1. The van der Waals surface area contributed by atoms with Gasteiger partial charge >= 0.3 is 12.0 Å². The summed E-state index contributed by atoms with van der Waals surface area (Å²) in [4.78, 5) is 84.1. The van der Waals surface area contributed by atoms with Crippen molar-refractivity contribution in [1.82, 2.24) is 50.3 Å². The second-order valence-electron chi connectivity index (χ2n) is 19.8. The van der Waals surface area contributed by atoms with Crippen molar-refractivity contribution in [2.75, 3.05) is 60.5 Å². The maximum Gasteiger partial charge on any atom is 0.324 e. The predicted molar refractivity (Wildman–Crippen MR) is 256 cm³/mol. The topological polar surface area (TPSA) is 193 Å². The molecule has 3 aromatic heterocycles. The fourth-order valence-electron chi connectivity index (χ4n) is 9.91. The first-order valence-corrected chi connectivity index (χ1v) is 24.5. The number of fused-ring (bicyclic) bond motifs is 6. The average Bonchev–Trinajstić information content (AvgIpc) is 3.98. The Morgan fingerprint density at radius 2 is 1.88 bits per heavy atom. The molecule has 8 rings (SSSR count). The summed E-state index contributed by atoms with van der Waals surface area (Å²) in [5.74, 6) is -1.44. The molecule has 7 heterocycles. The van der Waals surface area contributed by atoms with E-state index < -0.39 is 41.3 Å². The fraction of sp³-hybridized carbons (Fsp3) is 0.571. The molecule has 0 aliphatic carbocycles. The van der Waals surface area contributed by atoms with Crippen LogP contribution in [-0.4, -0.2) is 149 Å². The number of aryl methyl sites for hydroxylation is 1. The van der Waals surface area contributed by atoms with E-state index in [1.54, 1.807) is 37.2 Å². The van der Waals surface area contributed by atoms with Crippen molar-refractivity contribution >= 4 is 52.0 Å². The summed E-state index contributed by atoms with van der Waals surface area (Å²) in [7, 11) is 5.09. The third kappa shape index (κ3) is 10.1. The van der Waals surface area contributed by atoms with Crippen LogP contribution in [0.1, 0.15) is 76.8 Å². The molecule has 1 aromatic carbocycles. The zero-order valence-corrected chi connectivity index (χ0v) is 41.1. The summed E-state index contributed by atoms with van der Waals surface area (Å²) in [6.07, 6.45) is 3.21. The van der Waals surface area contributed by atoms with Crippen LogP contribution in [0.3, 0.4) is 0 Å². The number of nitrogens with zero attached hydrogens (tertiary/aromatic N) is 7. The van der Waals surface area contributed by atoms with E-state index in [4.69, 9.17) is 19.4 Å². The van der Waals surface area contributed by atoms with Gasteiger partial charge in [0.1, 0.15) is 18.1 Å². The number of urea groups is 1. The summed E-state index contributed by atoms with van der Waals surface area (Å²) in [6, 6.07) is 7.27. The normalized spacial score (nSPS) is 21.9. The number of hydrogen-bond donors (Lipinski definition) is 3. The Hall–Kier alpha value is -5.43. The van der Waals surface area contributed by atoms with Crippen LogP contribution in [0, 0.1) is 17.3 Å². The zero-order chi connectivity index (χ0) is 47.9. The lowest BCUT2D eigenvalue weighted by Gasteiger charge is -2.44. The van der Waals surface area contributed by atoms with Gasteiger partial charge in [-0.15, -0.1) is 11.3 Å². The number of amides is 5. The molecule has 67 heavy (non-hydrogen) atoms. The van der Waals surface area contributed by atoms with Gasteiger partial charge in [-0.2, -0.15) is 0 Å². The highest BCUT2D eigenvalue weighted by molar-refractivity contribution is 7.10. The maximum atomic E-state index is 14.6. The van der Waals surface area contributed by atoms with Gasteiger partial charge in [0, 0.05) is 112 Å². The van der Waals surface area contributed by atoms with Crippen molar-refractivity contribution in [3.63, 3.8) is 0 Å². The minimum atomic E-state index is -1.07. The number of nitrogens with one attached hydrogen (secondary N) is 3. The summed E-state index contributed by atoms with van der Waals surface area (Å²) in [5.41, 5.74) is 9.29. The molecule has 4 aliphatic heterocycles. The number of benzene rings is 1. The molecule has 0 spiro atoms. The Kier molecular flexibility index (Phi) is 14.1. The molecule has 6 bridgehead atoms. The smallest absolute Gasteiger partial charge is 0.324 e. The quantitative estimate of drug-likeness (QED) is 0.140. The van der Waals surface area contributed by atoms with Crippen molar-refractivity contribution in [2.24, 2.45) is 17.3 Å². The average molecular weight is 939 g/mol.